The SMILES string of the molecule is CN=C(NCCCCCOC1CCCCC1)NC1CCCCC1. The van der Waals surface area contributed by atoms with Crippen LogP contribution >= 0.6 is 0 Å². The summed E-state index contributed by atoms with van der Waals surface area (Å²) in [6.07, 6.45) is 17.6. The van der Waals surface area contributed by atoms with E-state index in [1.807, 2.05) is 7.05 Å². The Labute approximate surface area is 142 Å². The Kier molecular flexibility index (Phi) is 9.46. The molecule has 0 radical (unpaired) electrons. The lowest BCUT2D eigenvalue weighted by Crippen LogP contribution is -2.44. The first kappa shape index (κ1) is 18.6. The van der Waals surface area contributed by atoms with Crippen LogP contribution in [0.1, 0.15) is 83.5 Å². The number of hydrogen-bond acceptors (Lipinski definition) is 2. The molecule has 0 aromatic heterocycles. The minimum atomic E-state index is 0.556. The van der Waals surface area contributed by atoms with Crippen LogP contribution in [0.5, 0.6) is 0 Å². The van der Waals surface area contributed by atoms with Gasteiger partial charge >= 0.3 is 0 Å². The predicted octanol–water partition coefficient (Wildman–Crippen LogP) is 4.00. The fourth-order valence-electron chi connectivity index (χ4n) is 3.73. The molecule has 23 heavy (non-hydrogen) atoms. The van der Waals surface area contributed by atoms with Crippen LogP contribution in [0.25, 0.3) is 0 Å². The maximum Gasteiger partial charge on any atom is 0.191 e. The zero-order chi connectivity index (χ0) is 16.2. The minimum absolute atomic E-state index is 0.556. The van der Waals surface area contributed by atoms with Crippen molar-refractivity contribution in [2.24, 2.45) is 4.99 Å². The molecule has 4 nitrogen and oxygen atoms in total. The number of hydrogen-bond donors (Lipinski definition) is 2. The van der Waals surface area contributed by atoms with Crippen molar-refractivity contribution in [1.29, 1.82) is 0 Å². The first-order valence-corrected chi connectivity index (χ1v) is 9.97. The topological polar surface area (TPSA) is 45.7 Å². The van der Waals surface area contributed by atoms with Crippen molar-refractivity contribution in [2.45, 2.75) is 95.6 Å². The third kappa shape index (κ3) is 8.05. The molecule has 0 spiro atoms. The Morgan fingerprint density at radius 2 is 1.61 bits per heavy atom. The molecule has 0 atom stereocenters. The number of guanidine groups is 1. The highest BCUT2D eigenvalue weighted by Gasteiger charge is 2.14. The number of ether oxygens (including phenoxy) is 1. The third-order valence-corrected chi connectivity index (χ3v) is 5.19. The molecule has 134 valence electrons. The standard InChI is InChI=1S/C19H37N3O/c1-20-19(22-17-11-5-2-6-12-17)21-15-9-4-10-16-23-18-13-7-3-8-14-18/h17-18H,2-16H2,1H3,(H2,20,21,22). The molecule has 2 rings (SSSR count). The van der Waals surface area contributed by atoms with Gasteiger partial charge in [0.25, 0.3) is 0 Å². The van der Waals surface area contributed by atoms with Crippen LogP contribution in [0, 0.1) is 0 Å². The summed E-state index contributed by atoms with van der Waals surface area (Å²) in [5.74, 6) is 0.982. The van der Waals surface area contributed by atoms with Crippen molar-refractivity contribution in [2.75, 3.05) is 20.2 Å². The summed E-state index contributed by atoms with van der Waals surface area (Å²) in [7, 11) is 1.87. The van der Waals surface area contributed by atoms with E-state index in [4.69, 9.17) is 4.74 Å². The molecule has 2 fully saturated rings. The van der Waals surface area contributed by atoms with Crippen molar-refractivity contribution in [1.82, 2.24) is 10.6 Å². The van der Waals surface area contributed by atoms with Crippen molar-refractivity contribution in [3.05, 3.63) is 0 Å². The average molecular weight is 324 g/mol. The summed E-state index contributed by atoms with van der Waals surface area (Å²) in [6, 6.07) is 0.624. The number of nitrogens with zero attached hydrogens (tertiary/aromatic N) is 1. The lowest BCUT2D eigenvalue weighted by molar-refractivity contribution is 0.0264. The summed E-state index contributed by atoms with van der Waals surface area (Å²) in [4.78, 5) is 4.35. The molecule has 0 bridgehead atoms. The molecule has 0 unspecified atom stereocenters. The minimum Gasteiger partial charge on any atom is -0.378 e. The summed E-state index contributed by atoms with van der Waals surface area (Å²) in [5, 5.41) is 7.02. The Morgan fingerprint density at radius 1 is 0.913 bits per heavy atom. The normalized spacial score (nSPS) is 21.3. The average Bonchev–Trinajstić information content (AvgIpc) is 2.61. The van der Waals surface area contributed by atoms with Crippen LogP contribution in [-0.2, 0) is 4.74 Å². The fraction of sp³-hybridized carbons (Fsp3) is 0.947. The number of unbranched alkanes of at least 4 members (excludes halogenated alkanes) is 2. The molecular weight excluding hydrogens is 286 g/mol. The highest BCUT2D eigenvalue weighted by atomic mass is 16.5. The van der Waals surface area contributed by atoms with Gasteiger partial charge in [0.15, 0.2) is 5.96 Å². The van der Waals surface area contributed by atoms with E-state index in [0.717, 1.165) is 19.1 Å². The smallest absolute Gasteiger partial charge is 0.191 e. The summed E-state index contributed by atoms with van der Waals surface area (Å²) in [5.41, 5.74) is 0. The van der Waals surface area contributed by atoms with Gasteiger partial charge in [-0.15, -0.1) is 0 Å². The van der Waals surface area contributed by atoms with E-state index in [1.54, 1.807) is 0 Å². The summed E-state index contributed by atoms with van der Waals surface area (Å²) < 4.78 is 5.98. The Bertz CT molecular complexity index is 321. The highest BCUT2D eigenvalue weighted by Crippen LogP contribution is 2.20. The quantitative estimate of drug-likeness (QED) is 0.403. The molecule has 0 aromatic rings. The van der Waals surface area contributed by atoms with Gasteiger partial charge in [0.05, 0.1) is 6.10 Å². The largest absolute Gasteiger partial charge is 0.378 e. The summed E-state index contributed by atoms with van der Waals surface area (Å²) >= 11 is 0. The lowest BCUT2D eigenvalue weighted by atomic mass is 9.96. The Balaban J connectivity index is 1.44. The highest BCUT2D eigenvalue weighted by molar-refractivity contribution is 5.79. The van der Waals surface area contributed by atoms with E-state index < -0.39 is 0 Å². The van der Waals surface area contributed by atoms with Crippen molar-refractivity contribution < 1.29 is 4.74 Å². The molecule has 4 heteroatoms. The van der Waals surface area contributed by atoms with E-state index >= 15 is 0 Å². The van der Waals surface area contributed by atoms with Crippen molar-refractivity contribution in [3.63, 3.8) is 0 Å². The van der Waals surface area contributed by atoms with Crippen LogP contribution < -0.4 is 10.6 Å². The van der Waals surface area contributed by atoms with Gasteiger partial charge in [0.1, 0.15) is 0 Å². The predicted molar refractivity (Wildman–Crippen MR) is 98.0 cm³/mol. The van der Waals surface area contributed by atoms with Gasteiger partial charge in [-0.1, -0.05) is 38.5 Å². The zero-order valence-electron chi connectivity index (χ0n) is 15.1. The third-order valence-electron chi connectivity index (χ3n) is 5.19. The van der Waals surface area contributed by atoms with Crippen LogP contribution in [0.15, 0.2) is 4.99 Å². The van der Waals surface area contributed by atoms with E-state index in [9.17, 15) is 0 Å². The second-order valence-electron chi connectivity index (χ2n) is 7.17. The zero-order valence-corrected chi connectivity index (χ0v) is 15.1. The molecule has 0 amide bonds. The van der Waals surface area contributed by atoms with Gasteiger partial charge < -0.3 is 15.4 Å². The van der Waals surface area contributed by atoms with Gasteiger partial charge in [0, 0.05) is 26.2 Å². The second-order valence-corrected chi connectivity index (χ2v) is 7.17. The lowest BCUT2D eigenvalue weighted by Gasteiger charge is -2.24. The molecule has 0 aliphatic heterocycles. The Morgan fingerprint density at radius 3 is 2.30 bits per heavy atom. The number of aliphatic imine (C=N–C) groups is 1. The fourth-order valence-corrected chi connectivity index (χ4v) is 3.73. The van der Waals surface area contributed by atoms with Crippen LogP contribution in [0.2, 0.25) is 0 Å². The van der Waals surface area contributed by atoms with Crippen LogP contribution in [0.4, 0.5) is 0 Å². The first-order chi connectivity index (χ1) is 11.4. The molecule has 0 heterocycles. The molecule has 2 aliphatic rings. The van der Waals surface area contributed by atoms with Crippen molar-refractivity contribution in [3.8, 4) is 0 Å². The first-order valence-electron chi connectivity index (χ1n) is 9.97. The monoisotopic (exact) mass is 323 g/mol. The van der Waals surface area contributed by atoms with Gasteiger partial charge in [-0.05, 0) is 44.9 Å². The molecular formula is C19H37N3O. The van der Waals surface area contributed by atoms with E-state index in [0.29, 0.717) is 12.1 Å². The molecule has 2 aliphatic carbocycles. The molecule has 0 aromatic carbocycles. The van der Waals surface area contributed by atoms with Gasteiger partial charge in [0.2, 0.25) is 0 Å². The number of rotatable bonds is 8. The molecule has 0 saturated heterocycles. The van der Waals surface area contributed by atoms with Gasteiger partial charge in [-0.2, -0.15) is 0 Å². The van der Waals surface area contributed by atoms with E-state index in [-0.39, 0.29) is 0 Å². The van der Waals surface area contributed by atoms with E-state index in [2.05, 4.69) is 15.6 Å². The molecule has 2 N–H and O–H groups in total. The number of nitrogens with one attached hydrogen (secondary N) is 2. The van der Waals surface area contributed by atoms with Gasteiger partial charge in [-0.25, -0.2) is 0 Å². The van der Waals surface area contributed by atoms with Crippen LogP contribution in [0.3, 0.4) is 0 Å². The van der Waals surface area contributed by atoms with Crippen molar-refractivity contribution >= 4 is 5.96 Å². The maximum absolute atomic E-state index is 5.98. The second kappa shape index (κ2) is 11.7. The Hall–Kier alpha value is -0.770. The summed E-state index contributed by atoms with van der Waals surface area (Å²) in [6.45, 7) is 1.95. The molecule has 2 saturated carbocycles. The van der Waals surface area contributed by atoms with Crippen LogP contribution in [-0.4, -0.2) is 38.3 Å². The maximum atomic E-state index is 5.98. The van der Waals surface area contributed by atoms with Gasteiger partial charge in [-0.3, -0.25) is 4.99 Å². The van der Waals surface area contributed by atoms with E-state index in [1.165, 1.54) is 83.5 Å².